The molecule has 0 aliphatic carbocycles. The van der Waals surface area contributed by atoms with Gasteiger partial charge in [-0.25, -0.2) is 0 Å². The quantitative estimate of drug-likeness (QED) is 0.807. The number of nitrogens with zero attached hydrogens (tertiary/aromatic N) is 2. The number of likely N-dealkylation sites (N-methyl/N-ethyl adjacent to an activating group) is 1. The van der Waals surface area contributed by atoms with Gasteiger partial charge in [0.2, 0.25) is 0 Å². The highest BCUT2D eigenvalue weighted by molar-refractivity contribution is 4.85. The lowest BCUT2D eigenvalue weighted by Gasteiger charge is -2.39. The van der Waals surface area contributed by atoms with Gasteiger partial charge in [0, 0.05) is 18.6 Å². The first-order chi connectivity index (χ1) is 7.84. The molecule has 0 saturated carbocycles. The fourth-order valence-corrected chi connectivity index (χ4v) is 2.67. The molecule has 1 aliphatic rings. The van der Waals surface area contributed by atoms with E-state index in [1.165, 1.54) is 32.5 Å². The van der Waals surface area contributed by atoms with Crippen LogP contribution in [0.4, 0.5) is 0 Å². The van der Waals surface area contributed by atoms with E-state index in [0.29, 0.717) is 11.5 Å². The molecule has 0 spiro atoms. The maximum absolute atomic E-state index is 3.47. The Kier molecular flexibility index (Phi) is 5.42. The van der Waals surface area contributed by atoms with Gasteiger partial charge in [0.1, 0.15) is 0 Å². The minimum Gasteiger partial charge on any atom is -0.315 e. The van der Waals surface area contributed by atoms with Crippen LogP contribution in [-0.2, 0) is 0 Å². The van der Waals surface area contributed by atoms with Gasteiger partial charge in [-0.3, -0.25) is 0 Å². The molecule has 17 heavy (non-hydrogen) atoms. The lowest BCUT2D eigenvalue weighted by atomic mass is 9.86. The average molecular weight is 241 g/mol. The van der Waals surface area contributed by atoms with Crippen molar-refractivity contribution < 1.29 is 0 Å². The van der Waals surface area contributed by atoms with E-state index < -0.39 is 0 Å². The predicted octanol–water partition coefficient (Wildman–Crippen LogP) is 1.65. The van der Waals surface area contributed by atoms with Crippen LogP contribution in [0, 0.1) is 5.41 Å². The molecule has 1 aliphatic heterocycles. The fourth-order valence-electron chi connectivity index (χ4n) is 2.67. The Bertz CT molecular complexity index is 212. The average Bonchev–Trinajstić information content (AvgIpc) is 2.24. The third-order valence-corrected chi connectivity index (χ3v) is 4.12. The second-order valence-corrected chi connectivity index (χ2v) is 6.70. The lowest BCUT2D eigenvalue weighted by Crippen LogP contribution is -2.50. The molecule has 1 saturated heterocycles. The van der Waals surface area contributed by atoms with Crippen molar-refractivity contribution in [2.45, 2.75) is 45.7 Å². The molecule has 1 heterocycles. The van der Waals surface area contributed by atoms with E-state index >= 15 is 0 Å². The van der Waals surface area contributed by atoms with Gasteiger partial charge in [-0.15, -0.1) is 0 Å². The van der Waals surface area contributed by atoms with Gasteiger partial charge in [0.25, 0.3) is 0 Å². The Labute approximate surface area is 108 Å². The third-order valence-electron chi connectivity index (χ3n) is 4.12. The Morgan fingerprint density at radius 1 is 1.24 bits per heavy atom. The Hall–Kier alpha value is -0.120. The molecule has 0 aromatic heterocycles. The zero-order chi connectivity index (χ0) is 13.1. The summed E-state index contributed by atoms with van der Waals surface area (Å²) >= 11 is 0. The van der Waals surface area contributed by atoms with Crippen LogP contribution in [0.25, 0.3) is 0 Å². The molecule has 1 rings (SSSR count). The molecule has 0 aromatic carbocycles. The molecular weight excluding hydrogens is 210 g/mol. The SMILES string of the molecule is CNC(CN1CCC(N(C)C)CC1)C(C)(C)C. The van der Waals surface area contributed by atoms with E-state index in [-0.39, 0.29) is 0 Å². The van der Waals surface area contributed by atoms with Gasteiger partial charge in [0.05, 0.1) is 0 Å². The van der Waals surface area contributed by atoms with Gasteiger partial charge >= 0.3 is 0 Å². The third kappa shape index (κ3) is 4.57. The maximum atomic E-state index is 3.47. The van der Waals surface area contributed by atoms with Crippen LogP contribution in [-0.4, -0.2) is 62.7 Å². The molecule has 1 fully saturated rings. The summed E-state index contributed by atoms with van der Waals surface area (Å²) in [6.07, 6.45) is 2.63. The van der Waals surface area contributed by atoms with E-state index in [4.69, 9.17) is 0 Å². The number of hydrogen-bond acceptors (Lipinski definition) is 3. The molecule has 1 atom stereocenters. The van der Waals surface area contributed by atoms with Gasteiger partial charge < -0.3 is 15.1 Å². The monoisotopic (exact) mass is 241 g/mol. The molecule has 0 aromatic rings. The van der Waals surface area contributed by atoms with Crippen molar-refractivity contribution in [3.05, 3.63) is 0 Å². The summed E-state index contributed by atoms with van der Waals surface area (Å²) in [5, 5.41) is 3.47. The smallest absolute Gasteiger partial charge is 0.0240 e. The van der Waals surface area contributed by atoms with E-state index in [2.05, 4.69) is 57.0 Å². The summed E-state index contributed by atoms with van der Waals surface area (Å²) in [6, 6.07) is 1.37. The summed E-state index contributed by atoms with van der Waals surface area (Å²) in [4.78, 5) is 4.99. The number of piperidine rings is 1. The summed E-state index contributed by atoms with van der Waals surface area (Å²) in [5.74, 6) is 0. The second kappa shape index (κ2) is 6.17. The lowest BCUT2D eigenvalue weighted by molar-refractivity contribution is 0.115. The first-order valence-corrected chi connectivity index (χ1v) is 6.90. The van der Waals surface area contributed by atoms with E-state index in [1.807, 2.05) is 0 Å². The first kappa shape index (κ1) is 14.9. The highest BCUT2D eigenvalue weighted by atomic mass is 15.2. The zero-order valence-electron chi connectivity index (χ0n) is 12.6. The van der Waals surface area contributed by atoms with Gasteiger partial charge in [0.15, 0.2) is 0 Å². The van der Waals surface area contributed by atoms with E-state index in [9.17, 15) is 0 Å². The van der Waals surface area contributed by atoms with Gasteiger partial charge in [-0.2, -0.15) is 0 Å². The summed E-state index contributed by atoms with van der Waals surface area (Å²) in [7, 11) is 6.49. The number of rotatable bonds is 4. The molecular formula is C14H31N3. The van der Waals surface area contributed by atoms with Crippen molar-refractivity contribution in [3.63, 3.8) is 0 Å². The molecule has 3 heteroatoms. The predicted molar refractivity (Wildman–Crippen MR) is 75.5 cm³/mol. The molecule has 0 amide bonds. The first-order valence-electron chi connectivity index (χ1n) is 6.90. The standard InChI is InChI=1S/C14H31N3/c1-14(2,3)13(15-4)11-17-9-7-12(8-10-17)16(5)6/h12-13,15H,7-11H2,1-6H3. The Balaban J connectivity index is 2.39. The van der Waals surface area contributed by atoms with Crippen molar-refractivity contribution >= 4 is 0 Å². The topological polar surface area (TPSA) is 18.5 Å². The number of hydrogen-bond donors (Lipinski definition) is 1. The zero-order valence-corrected chi connectivity index (χ0v) is 12.6. The summed E-state index contributed by atoms with van der Waals surface area (Å²) in [5.41, 5.74) is 0.340. The number of nitrogens with one attached hydrogen (secondary N) is 1. The van der Waals surface area contributed by atoms with E-state index in [1.54, 1.807) is 0 Å². The van der Waals surface area contributed by atoms with Crippen LogP contribution in [0.15, 0.2) is 0 Å². The largest absolute Gasteiger partial charge is 0.315 e. The highest BCUT2D eigenvalue weighted by Gasteiger charge is 2.27. The Morgan fingerprint density at radius 2 is 1.76 bits per heavy atom. The maximum Gasteiger partial charge on any atom is 0.0240 e. The normalized spacial score (nSPS) is 22.1. The fraction of sp³-hybridized carbons (Fsp3) is 1.00. The van der Waals surface area contributed by atoms with Crippen LogP contribution in [0.5, 0.6) is 0 Å². The van der Waals surface area contributed by atoms with Crippen molar-refractivity contribution in [1.82, 2.24) is 15.1 Å². The minimum absolute atomic E-state index is 0.340. The van der Waals surface area contributed by atoms with Crippen LogP contribution < -0.4 is 5.32 Å². The van der Waals surface area contributed by atoms with Gasteiger partial charge in [-0.05, 0) is 52.5 Å². The van der Waals surface area contributed by atoms with E-state index in [0.717, 1.165) is 6.04 Å². The molecule has 1 unspecified atom stereocenters. The van der Waals surface area contributed by atoms with Crippen LogP contribution in [0.1, 0.15) is 33.6 Å². The van der Waals surface area contributed by atoms with Crippen molar-refractivity contribution in [2.75, 3.05) is 40.8 Å². The molecule has 0 radical (unpaired) electrons. The molecule has 102 valence electrons. The van der Waals surface area contributed by atoms with Crippen molar-refractivity contribution in [2.24, 2.45) is 5.41 Å². The summed E-state index contributed by atoms with van der Waals surface area (Å²) < 4.78 is 0. The van der Waals surface area contributed by atoms with Gasteiger partial charge in [-0.1, -0.05) is 20.8 Å². The van der Waals surface area contributed by atoms with Crippen LogP contribution in [0.3, 0.4) is 0 Å². The van der Waals surface area contributed by atoms with Crippen LogP contribution in [0.2, 0.25) is 0 Å². The molecule has 0 bridgehead atoms. The summed E-state index contributed by atoms with van der Waals surface area (Å²) in [6.45, 7) is 10.6. The second-order valence-electron chi connectivity index (χ2n) is 6.70. The van der Waals surface area contributed by atoms with Crippen molar-refractivity contribution in [1.29, 1.82) is 0 Å². The minimum atomic E-state index is 0.340. The van der Waals surface area contributed by atoms with Crippen LogP contribution >= 0.6 is 0 Å². The number of likely N-dealkylation sites (tertiary alicyclic amines) is 1. The van der Waals surface area contributed by atoms with Crippen molar-refractivity contribution in [3.8, 4) is 0 Å². The highest BCUT2D eigenvalue weighted by Crippen LogP contribution is 2.22. The molecule has 1 N–H and O–H groups in total. The molecule has 3 nitrogen and oxygen atoms in total. The Morgan fingerprint density at radius 3 is 2.12 bits per heavy atom.